The summed E-state index contributed by atoms with van der Waals surface area (Å²) >= 11 is 0. The summed E-state index contributed by atoms with van der Waals surface area (Å²) in [5.41, 5.74) is 3.69. The van der Waals surface area contributed by atoms with Crippen molar-refractivity contribution in [1.29, 1.82) is 0 Å². The van der Waals surface area contributed by atoms with Crippen molar-refractivity contribution in [2.24, 2.45) is 0 Å². The molecule has 0 spiro atoms. The highest BCUT2D eigenvalue weighted by Crippen LogP contribution is 2.39. The normalized spacial score (nSPS) is 21.9. The zero-order chi connectivity index (χ0) is 19.8. The van der Waals surface area contributed by atoms with Gasteiger partial charge in [-0.25, -0.2) is 14.5 Å². The Labute approximate surface area is 168 Å². The molecule has 0 amide bonds. The third-order valence-corrected chi connectivity index (χ3v) is 5.24. The monoisotopic (exact) mass is 391 g/mol. The summed E-state index contributed by atoms with van der Waals surface area (Å²) in [6.45, 7) is 4.90. The van der Waals surface area contributed by atoms with Gasteiger partial charge in [0.05, 0.1) is 23.8 Å². The van der Waals surface area contributed by atoms with Gasteiger partial charge in [-0.1, -0.05) is 0 Å². The number of hydrogen-bond acceptors (Lipinski definition) is 7. The highest BCUT2D eigenvalue weighted by molar-refractivity contribution is 5.92. The molecule has 0 bridgehead atoms. The molecule has 1 atom stereocenters. The van der Waals surface area contributed by atoms with Gasteiger partial charge >= 0.3 is 0 Å². The van der Waals surface area contributed by atoms with Crippen LogP contribution in [0, 0.1) is 5.82 Å². The Bertz CT molecular complexity index is 984. The van der Waals surface area contributed by atoms with Gasteiger partial charge < -0.3 is 10.6 Å². The van der Waals surface area contributed by atoms with Gasteiger partial charge in [0, 0.05) is 43.0 Å². The lowest BCUT2D eigenvalue weighted by atomic mass is 10.1. The molecule has 5 rings (SSSR count). The molecule has 1 aromatic heterocycles. The van der Waals surface area contributed by atoms with Crippen LogP contribution in [-0.2, 0) is 0 Å². The smallest absolute Gasteiger partial charge is 0.132 e. The van der Waals surface area contributed by atoms with E-state index in [4.69, 9.17) is 0 Å². The number of nitrogens with one attached hydrogen (secondary N) is 2. The van der Waals surface area contributed by atoms with E-state index in [1.807, 2.05) is 18.2 Å². The van der Waals surface area contributed by atoms with Crippen LogP contribution in [-0.4, -0.2) is 51.0 Å². The quantitative estimate of drug-likeness (QED) is 0.831. The van der Waals surface area contributed by atoms with Crippen molar-refractivity contribution in [3.63, 3.8) is 0 Å². The number of benzene rings is 1. The average Bonchev–Trinajstić information content (AvgIpc) is 3.14. The lowest BCUT2D eigenvalue weighted by Crippen LogP contribution is -2.58. The molecule has 0 saturated carbocycles. The lowest BCUT2D eigenvalue weighted by molar-refractivity contribution is -0.108. The Morgan fingerprint density at radius 1 is 1.10 bits per heavy atom. The van der Waals surface area contributed by atoms with Crippen LogP contribution in [0.15, 0.2) is 66.9 Å². The predicted octanol–water partition coefficient (Wildman–Crippen LogP) is 2.14. The van der Waals surface area contributed by atoms with Crippen molar-refractivity contribution in [2.75, 3.05) is 19.6 Å². The number of rotatable bonds is 3. The number of hydrazine groups is 2. The van der Waals surface area contributed by atoms with Crippen molar-refractivity contribution >= 4 is 11.4 Å². The minimum absolute atomic E-state index is 0.255. The van der Waals surface area contributed by atoms with Crippen molar-refractivity contribution in [3.05, 3.63) is 83.8 Å². The van der Waals surface area contributed by atoms with Crippen LogP contribution in [0.5, 0.6) is 0 Å². The Morgan fingerprint density at radius 2 is 1.97 bits per heavy atom. The second kappa shape index (κ2) is 7.31. The molecular formula is C21H22FN7. The average molecular weight is 391 g/mol. The van der Waals surface area contributed by atoms with Gasteiger partial charge in [0.25, 0.3) is 0 Å². The summed E-state index contributed by atoms with van der Waals surface area (Å²) < 4.78 is 13.5. The van der Waals surface area contributed by atoms with Crippen molar-refractivity contribution in [1.82, 2.24) is 36.0 Å². The van der Waals surface area contributed by atoms with Crippen LogP contribution >= 0.6 is 0 Å². The SMILES string of the molecule is C[C@@H]1CN(N2C=CC=C3NC(c4ccc(F)cc4)=C(c4ccnnc4)N32)CCN1. The first-order valence-electron chi connectivity index (χ1n) is 9.71. The minimum Gasteiger partial charge on any atom is -0.338 e. The van der Waals surface area contributed by atoms with E-state index in [0.29, 0.717) is 6.04 Å². The third-order valence-electron chi connectivity index (χ3n) is 5.24. The summed E-state index contributed by atoms with van der Waals surface area (Å²) in [5, 5.41) is 21.6. The first-order valence-corrected chi connectivity index (χ1v) is 9.71. The highest BCUT2D eigenvalue weighted by atomic mass is 19.1. The van der Waals surface area contributed by atoms with Crippen LogP contribution in [0.1, 0.15) is 18.1 Å². The third kappa shape index (κ3) is 3.26. The van der Waals surface area contributed by atoms with E-state index in [2.05, 4.69) is 49.1 Å². The predicted molar refractivity (Wildman–Crippen MR) is 108 cm³/mol. The van der Waals surface area contributed by atoms with Gasteiger partial charge in [0.15, 0.2) is 0 Å². The molecule has 1 saturated heterocycles. The van der Waals surface area contributed by atoms with E-state index in [0.717, 1.165) is 48.0 Å². The fraction of sp³-hybridized carbons (Fsp3) is 0.238. The Hall–Kier alpha value is -3.23. The zero-order valence-electron chi connectivity index (χ0n) is 16.1. The van der Waals surface area contributed by atoms with Crippen molar-refractivity contribution < 1.29 is 4.39 Å². The van der Waals surface area contributed by atoms with Gasteiger partial charge in [0.1, 0.15) is 11.6 Å². The van der Waals surface area contributed by atoms with Crippen LogP contribution in [0.25, 0.3) is 11.4 Å². The number of fused-ring (bicyclic) bond motifs is 1. The van der Waals surface area contributed by atoms with Crippen molar-refractivity contribution in [2.45, 2.75) is 13.0 Å². The summed E-state index contributed by atoms with van der Waals surface area (Å²) in [6, 6.07) is 8.87. The largest absolute Gasteiger partial charge is 0.338 e. The van der Waals surface area contributed by atoms with Crippen LogP contribution in [0.2, 0.25) is 0 Å². The Morgan fingerprint density at radius 3 is 2.72 bits per heavy atom. The fourth-order valence-corrected chi connectivity index (χ4v) is 3.91. The van der Waals surface area contributed by atoms with Crippen LogP contribution in [0.4, 0.5) is 4.39 Å². The molecular weight excluding hydrogens is 369 g/mol. The number of halogens is 1. The van der Waals surface area contributed by atoms with Gasteiger partial charge in [-0.05, 0) is 49.4 Å². The first kappa shape index (κ1) is 17.8. The maximum Gasteiger partial charge on any atom is 0.132 e. The fourth-order valence-electron chi connectivity index (χ4n) is 3.91. The van der Waals surface area contributed by atoms with Gasteiger partial charge in [-0.15, -0.1) is 0 Å². The molecule has 3 aliphatic heterocycles. The Kier molecular flexibility index (Phi) is 4.49. The van der Waals surface area contributed by atoms with Gasteiger partial charge in [-0.3, -0.25) is 0 Å². The topological polar surface area (TPSA) is 59.6 Å². The molecule has 8 heteroatoms. The molecule has 0 aliphatic carbocycles. The van der Waals surface area contributed by atoms with Gasteiger partial charge in [0.2, 0.25) is 0 Å². The maximum absolute atomic E-state index is 13.5. The molecule has 4 heterocycles. The van der Waals surface area contributed by atoms with E-state index in [9.17, 15) is 4.39 Å². The van der Waals surface area contributed by atoms with Crippen LogP contribution < -0.4 is 10.6 Å². The Balaban J connectivity index is 1.62. The standard InChI is InChI=1S/C21H22FN7/c1-15-14-27(12-10-23-15)28-11-2-3-19-26-20(16-4-6-18(22)7-5-16)21(29(19)28)17-8-9-24-25-13-17/h2-9,11,13,15,23,26H,10,12,14H2,1H3/t15-/m1/s1. The minimum atomic E-state index is -0.255. The van der Waals surface area contributed by atoms with Gasteiger partial charge in [-0.2, -0.15) is 15.2 Å². The second-order valence-corrected chi connectivity index (χ2v) is 7.28. The first-order chi connectivity index (χ1) is 14.2. The summed E-state index contributed by atoms with van der Waals surface area (Å²) in [7, 11) is 0. The molecule has 0 radical (unpaired) electrons. The second-order valence-electron chi connectivity index (χ2n) is 7.28. The zero-order valence-corrected chi connectivity index (χ0v) is 16.1. The molecule has 1 aromatic carbocycles. The number of allylic oxidation sites excluding steroid dienone is 2. The van der Waals surface area contributed by atoms with E-state index in [-0.39, 0.29) is 5.82 Å². The number of aromatic nitrogens is 2. The number of piperazine rings is 1. The molecule has 1 fully saturated rings. The molecule has 148 valence electrons. The van der Waals surface area contributed by atoms with E-state index in [1.54, 1.807) is 24.5 Å². The van der Waals surface area contributed by atoms with Crippen molar-refractivity contribution in [3.8, 4) is 0 Å². The molecule has 29 heavy (non-hydrogen) atoms. The maximum atomic E-state index is 13.5. The lowest BCUT2D eigenvalue weighted by Gasteiger charge is -2.45. The highest BCUT2D eigenvalue weighted by Gasteiger charge is 2.36. The summed E-state index contributed by atoms with van der Waals surface area (Å²) in [6.07, 6.45) is 9.56. The van der Waals surface area contributed by atoms with Crippen LogP contribution in [0.3, 0.4) is 0 Å². The molecule has 3 aliphatic rings. The molecule has 2 N–H and O–H groups in total. The van der Waals surface area contributed by atoms with E-state index >= 15 is 0 Å². The summed E-state index contributed by atoms with van der Waals surface area (Å²) in [4.78, 5) is 0. The molecule has 0 unspecified atom stereocenters. The summed E-state index contributed by atoms with van der Waals surface area (Å²) in [5.74, 6) is 0.680. The van der Waals surface area contributed by atoms with E-state index < -0.39 is 0 Å². The molecule has 2 aromatic rings. The number of hydrogen-bond donors (Lipinski definition) is 2. The van der Waals surface area contributed by atoms with E-state index in [1.165, 1.54) is 12.1 Å². The molecule has 7 nitrogen and oxygen atoms in total. The number of nitrogens with zero attached hydrogens (tertiary/aromatic N) is 5.